The quantitative estimate of drug-likeness (QED) is 0.575. The molecule has 0 atom stereocenters. The standard InChI is InChI=1S/C13H6BrN2/c14-13-5-10-3-1-9(12(7-15)8-16)2-4-11(10)6-13/h1-6H/q-1. The molecule has 0 aromatic heterocycles. The summed E-state index contributed by atoms with van der Waals surface area (Å²) < 4.78 is 1.03. The molecule has 0 bridgehead atoms. The monoisotopic (exact) mass is 269 g/mol. The number of rotatable bonds is 1. The molecule has 0 heterocycles. The summed E-state index contributed by atoms with van der Waals surface area (Å²) in [6.07, 6.45) is 0. The zero-order chi connectivity index (χ0) is 11.5. The van der Waals surface area contributed by atoms with Crippen molar-refractivity contribution >= 4 is 27.4 Å². The molecule has 76 valence electrons. The predicted octanol–water partition coefficient (Wildman–Crippen LogP) is 3.70. The molecule has 0 aliphatic heterocycles. The molecule has 0 N–H and O–H groups in total. The lowest BCUT2D eigenvalue weighted by molar-refractivity contribution is 1.53. The van der Waals surface area contributed by atoms with Gasteiger partial charge in [0.15, 0.2) is 0 Å². The van der Waals surface area contributed by atoms with Gasteiger partial charge < -0.3 is 5.41 Å². The van der Waals surface area contributed by atoms with E-state index in [9.17, 15) is 0 Å². The highest BCUT2D eigenvalue weighted by Crippen LogP contribution is 2.29. The Labute approximate surface area is 102 Å². The average Bonchev–Trinajstić information content (AvgIpc) is 2.53. The SMILES string of the molecule is N#CC(=C=[N-])c1ccc2cc(Br)cc-2cc1. The minimum Gasteiger partial charge on any atom is -0.762 e. The van der Waals surface area contributed by atoms with Crippen molar-refractivity contribution in [2.24, 2.45) is 0 Å². The molecule has 0 spiro atoms. The molecule has 2 rings (SSSR count). The van der Waals surface area contributed by atoms with Crippen molar-refractivity contribution in [3.05, 3.63) is 51.8 Å². The van der Waals surface area contributed by atoms with Gasteiger partial charge in [0.1, 0.15) is 6.07 Å². The molecule has 0 aromatic rings. The van der Waals surface area contributed by atoms with E-state index < -0.39 is 0 Å². The lowest BCUT2D eigenvalue weighted by atomic mass is 10.1. The molecule has 2 aliphatic carbocycles. The molecule has 0 radical (unpaired) electrons. The summed E-state index contributed by atoms with van der Waals surface area (Å²) in [5.41, 5.74) is 2.94. The van der Waals surface area contributed by atoms with Gasteiger partial charge in [0.25, 0.3) is 0 Å². The van der Waals surface area contributed by atoms with Crippen molar-refractivity contribution in [2.45, 2.75) is 0 Å². The fourth-order valence-corrected chi connectivity index (χ4v) is 2.02. The number of hydrogen-bond acceptors (Lipinski definition) is 1. The summed E-state index contributed by atoms with van der Waals surface area (Å²) in [5, 5.41) is 17.6. The first kappa shape index (κ1) is 10.6. The van der Waals surface area contributed by atoms with Crippen LogP contribution in [-0.2, 0) is 0 Å². The molecule has 2 nitrogen and oxygen atoms in total. The molecule has 16 heavy (non-hydrogen) atoms. The third kappa shape index (κ3) is 1.90. The van der Waals surface area contributed by atoms with Crippen LogP contribution in [0.25, 0.3) is 22.1 Å². The summed E-state index contributed by atoms with van der Waals surface area (Å²) in [5.74, 6) is 1.89. The van der Waals surface area contributed by atoms with Crippen molar-refractivity contribution < 1.29 is 0 Å². The fraction of sp³-hybridized carbons (Fsp3) is 0. The first-order valence-corrected chi connectivity index (χ1v) is 5.41. The Hall–Kier alpha value is -1.88. The lowest BCUT2D eigenvalue weighted by Gasteiger charge is -1.91. The van der Waals surface area contributed by atoms with Gasteiger partial charge in [-0.3, -0.25) is 0 Å². The third-order valence-electron chi connectivity index (χ3n) is 2.32. The number of halogens is 1. The number of fused-ring (bicyclic) bond motifs is 1. The van der Waals surface area contributed by atoms with E-state index >= 15 is 0 Å². The van der Waals surface area contributed by atoms with Gasteiger partial charge in [-0.1, -0.05) is 40.2 Å². The van der Waals surface area contributed by atoms with Crippen molar-refractivity contribution in [1.82, 2.24) is 0 Å². The van der Waals surface area contributed by atoms with Gasteiger partial charge in [-0.2, -0.15) is 5.26 Å². The van der Waals surface area contributed by atoms with Crippen LogP contribution in [0.3, 0.4) is 0 Å². The van der Waals surface area contributed by atoms with Gasteiger partial charge in [-0.25, -0.2) is 5.87 Å². The largest absolute Gasteiger partial charge is 0.762 e. The van der Waals surface area contributed by atoms with E-state index in [4.69, 9.17) is 10.7 Å². The van der Waals surface area contributed by atoms with Crippen LogP contribution in [0.4, 0.5) is 0 Å². The van der Waals surface area contributed by atoms with Gasteiger partial charge in [-0.05, 0) is 28.8 Å². The van der Waals surface area contributed by atoms with Gasteiger partial charge >= 0.3 is 0 Å². The maximum Gasteiger partial charge on any atom is 0.106 e. The van der Waals surface area contributed by atoms with Crippen LogP contribution in [0, 0.1) is 11.3 Å². The number of hydrogen-bond donors (Lipinski definition) is 0. The zero-order valence-electron chi connectivity index (χ0n) is 8.24. The minimum atomic E-state index is 0.136. The Kier molecular flexibility index (Phi) is 2.87. The van der Waals surface area contributed by atoms with E-state index in [-0.39, 0.29) is 5.57 Å². The highest BCUT2D eigenvalue weighted by atomic mass is 79.9. The highest BCUT2D eigenvalue weighted by molar-refractivity contribution is 9.10. The highest BCUT2D eigenvalue weighted by Gasteiger charge is 2.04. The number of nitriles is 1. The van der Waals surface area contributed by atoms with E-state index in [1.54, 1.807) is 12.1 Å². The topological polar surface area (TPSA) is 46.1 Å². The van der Waals surface area contributed by atoms with Gasteiger partial charge in [0, 0.05) is 4.47 Å². The fourth-order valence-electron chi connectivity index (χ4n) is 1.53. The van der Waals surface area contributed by atoms with E-state index in [1.165, 1.54) is 0 Å². The summed E-state index contributed by atoms with van der Waals surface area (Å²) in [7, 11) is 0. The smallest absolute Gasteiger partial charge is 0.106 e. The molecule has 0 saturated carbocycles. The summed E-state index contributed by atoms with van der Waals surface area (Å²) >= 11 is 3.40. The van der Waals surface area contributed by atoms with Crippen molar-refractivity contribution in [3.63, 3.8) is 0 Å². The maximum atomic E-state index is 8.78. The molecular formula is C13H6BrN2-. The summed E-state index contributed by atoms with van der Waals surface area (Å²) in [6.45, 7) is 0. The normalized spacial score (nSPS) is 9.50. The molecule has 0 unspecified atom stereocenters. The van der Waals surface area contributed by atoms with Crippen LogP contribution >= 0.6 is 15.9 Å². The zero-order valence-corrected chi connectivity index (χ0v) is 9.82. The average molecular weight is 270 g/mol. The first-order chi connectivity index (χ1) is 7.74. The Balaban J connectivity index is 2.62. The van der Waals surface area contributed by atoms with Crippen LogP contribution in [0.2, 0.25) is 0 Å². The molecule has 0 fully saturated rings. The van der Waals surface area contributed by atoms with Crippen LogP contribution < -0.4 is 0 Å². The van der Waals surface area contributed by atoms with Crippen LogP contribution in [-0.4, -0.2) is 5.87 Å². The second-order valence-electron chi connectivity index (χ2n) is 3.30. The lowest BCUT2D eigenvalue weighted by Crippen LogP contribution is -1.76. The molecule has 2 aliphatic rings. The third-order valence-corrected chi connectivity index (χ3v) is 2.78. The van der Waals surface area contributed by atoms with Crippen LogP contribution in [0.15, 0.2) is 40.9 Å². The number of nitrogens with zero attached hydrogens (tertiary/aromatic N) is 2. The Morgan fingerprint density at radius 2 is 1.69 bits per heavy atom. The van der Waals surface area contributed by atoms with Crippen LogP contribution in [0.1, 0.15) is 5.56 Å². The first-order valence-electron chi connectivity index (χ1n) is 4.61. The van der Waals surface area contributed by atoms with Crippen molar-refractivity contribution in [3.8, 4) is 17.2 Å². The molecular weight excluding hydrogens is 264 g/mol. The Morgan fingerprint density at radius 1 is 1.12 bits per heavy atom. The second kappa shape index (κ2) is 4.32. The molecule has 0 saturated heterocycles. The van der Waals surface area contributed by atoms with E-state index in [0.29, 0.717) is 5.56 Å². The van der Waals surface area contributed by atoms with Gasteiger partial charge in [0.05, 0.1) is 5.57 Å². The summed E-state index contributed by atoms with van der Waals surface area (Å²) in [4.78, 5) is 0. The minimum absolute atomic E-state index is 0.136. The second-order valence-corrected chi connectivity index (χ2v) is 4.22. The van der Waals surface area contributed by atoms with Crippen molar-refractivity contribution in [1.29, 1.82) is 5.26 Å². The van der Waals surface area contributed by atoms with Gasteiger partial charge in [-0.15, -0.1) is 0 Å². The van der Waals surface area contributed by atoms with Gasteiger partial charge in [0.2, 0.25) is 0 Å². The van der Waals surface area contributed by atoms with E-state index in [2.05, 4.69) is 15.9 Å². The Morgan fingerprint density at radius 3 is 2.12 bits per heavy atom. The Bertz CT molecular complexity index is 570. The van der Waals surface area contributed by atoms with Crippen molar-refractivity contribution in [2.75, 3.05) is 0 Å². The summed E-state index contributed by atoms with van der Waals surface area (Å²) in [6, 6.07) is 13.3. The maximum absolute atomic E-state index is 8.78. The predicted molar refractivity (Wildman–Crippen MR) is 68.2 cm³/mol. The van der Waals surface area contributed by atoms with E-state index in [1.807, 2.05) is 36.2 Å². The number of allylic oxidation sites excluding steroid dienone is 1. The molecule has 3 heteroatoms. The molecule has 0 aromatic carbocycles. The van der Waals surface area contributed by atoms with E-state index in [0.717, 1.165) is 15.6 Å². The molecule has 0 amide bonds. The van der Waals surface area contributed by atoms with Crippen LogP contribution in [0.5, 0.6) is 0 Å².